The molecule has 2 N–H and O–H groups in total. The van der Waals surface area contributed by atoms with Crippen LogP contribution in [-0.2, 0) is 11.1 Å². The summed E-state index contributed by atoms with van der Waals surface area (Å²) in [4.78, 5) is 0. The van der Waals surface area contributed by atoms with Gasteiger partial charge in [0, 0.05) is 5.25 Å². The molecule has 3 nitrogen and oxygen atoms in total. The third-order valence-corrected chi connectivity index (χ3v) is 3.47. The molecule has 0 bridgehead atoms. The van der Waals surface area contributed by atoms with E-state index in [9.17, 15) is 4.21 Å². The summed E-state index contributed by atoms with van der Waals surface area (Å²) in [7, 11) is -0.893. The Morgan fingerprint density at radius 2 is 1.82 bits per heavy atom. The summed E-state index contributed by atoms with van der Waals surface area (Å²) in [6.45, 7) is 3.50. The third kappa shape index (κ3) is 4.68. The van der Waals surface area contributed by atoms with Gasteiger partial charge in [-0.2, -0.15) is 0 Å². The monoisotopic (exact) mass is 198 g/mol. The van der Waals surface area contributed by atoms with Crippen LogP contribution in [0, 0.1) is 0 Å². The molecule has 0 saturated carbocycles. The number of hydrogen-bond donors (Lipinski definition) is 2. The van der Waals surface area contributed by atoms with Crippen LogP contribution >= 0.6 is 10.8 Å². The molecule has 0 aliphatic carbocycles. The van der Waals surface area contributed by atoms with Gasteiger partial charge in [-0.05, 0) is 19.2 Å². The first-order chi connectivity index (χ1) is 4.95. The van der Waals surface area contributed by atoms with Gasteiger partial charge in [0.15, 0.2) is 11.1 Å². The first kappa shape index (κ1) is 11.3. The largest absolute Gasteiger partial charge is 0.338 e. The summed E-state index contributed by atoms with van der Waals surface area (Å²) in [6.07, 6.45) is 0.534. The van der Waals surface area contributed by atoms with E-state index in [0.29, 0.717) is 6.42 Å². The van der Waals surface area contributed by atoms with Crippen LogP contribution < -0.4 is 0 Å². The van der Waals surface area contributed by atoms with E-state index in [0.717, 1.165) is 0 Å². The molecule has 4 atom stereocenters. The Hall–Kier alpha value is 0.290. The molecule has 0 heterocycles. The van der Waals surface area contributed by atoms with E-state index >= 15 is 0 Å². The Morgan fingerprint density at radius 3 is 2.09 bits per heavy atom. The summed E-state index contributed by atoms with van der Waals surface area (Å²) in [6, 6.07) is 0. The van der Waals surface area contributed by atoms with Gasteiger partial charge in [0.05, 0.1) is 5.25 Å². The topological polar surface area (TPSA) is 57.5 Å². The van der Waals surface area contributed by atoms with Crippen molar-refractivity contribution in [3.8, 4) is 0 Å². The van der Waals surface area contributed by atoms with E-state index in [1.54, 1.807) is 6.92 Å². The highest BCUT2D eigenvalue weighted by molar-refractivity contribution is 8.09. The minimum Gasteiger partial charge on any atom is -0.338 e. The zero-order chi connectivity index (χ0) is 9.02. The fraction of sp³-hybridized carbons (Fsp3) is 0.833. The normalized spacial score (nSPS) is 22.2. The maximum Gasteiger partial charge on any atom is 0.155 e. The summed E-state index contributed by atoms with van der Waals surface area (Å²) in [5.74, 6) is 3.45. The van der Waals surface area contributed by atoms with Crippen molar-refractivity contribution in [2.75, 3.05) is 0 Å². The number of hydrogen-bond acceptors (Lipinski definition) is 2. The molecule has 0 aromatic carbocycles. The van der Waals surface area contributed by atoms with Crippen molar-refractivity contribution in [3.63, 3.8) is 0 Å². The van der Waals surface area contributed by atoms with Gasteiger partial charge in [-0.1, -0.05) is 17.7 Å². The molecular formula is C6H14O3S2. The van der Waals surface area contributed by atoms with Gasteiger partial charge in [0.2, 0.25) is 0 Å². The number of rotatable bonds is 4. The molecule has 4 unspecified atom stereocenters. The Labute approximate surface area is 72.2 Å². The van der Waals surface area contributed by atoms with Gasteiger partial charge >= 0.3 is 0 Å². The lowest BCUT2D eigenvalue weighted by Crippen LogP contribution is -2.15. The highest BCUT2D eigenvalue weighted by atomic mass is 32.2. The van der Waals surface area contributed by atoms with E-state index in [2.05, 4.69) is 5.87 Å². The average molecular weight is 198 g/mol. The third-order valence-electron chi connectivity index (χ3n) is 1.47. The van der Waals surface area contributed by atoms with Gasteiger partial charge in [-0.3, -0.25) is 0 Å². The van der Waals surface area contributed by atoms with Crippen LogP contribution in [0.1, 0.15) is 20.3 Å². The van der Waals surface area contributed by atoms with E-state index in [-0.39, 0.29) is 10.5 Å². The molecule has 0 rings (SSSR count). The Balaban J connectivity index is 3.84. The van der Waals surface area contributed by atoms with Crippen molar-refractivity contribution in [2.24, 2.45) is 0 Å². The smallest absolute Gasteiger partial charge is 0.155 e. The van der Waals surface area contributed by atoms with Crippen molar-refractivity contribution in [3.05, 3.63) is 0 Å². The quantitative estimate of drug-likeness (QED) is 0.532. The summed E-state index contributed by atoms with van der Waals surface area (Å²) in [5.41, 5.74) is 0. The molecule has 0 fully saturated rings. The van der Waals surface area contributed by atoms with E-state index in [1.165, 1.54) is 0 Å². The molecule has 0 aromatic rings. The summed E-state index contributed by atoms with van der Waals surface area (Å²) < 4.78 is 28.1. The van der Waals surface area contributed by atoms with Crippen molar-refractivity contribution >= 4 is 27.7 Å². The second-order valence-electron chi connectivity index (χ2n) is 2.53. The molecule has 0 saturated heterocycles. The Bertz CT molecular complexity index is 151. The molecule has 0 amide bonds. The zero-order valence-electron chi connectivity index (χ0n) is 6.69. The van der Waals surface area contributed by atoms with Crippen LogP contribution in [0.2, 0.25) is 0 Å². The maximum atomic E-state index is 10.5. The second kappa shape index (κ2) is 5.03. The maximum absolute atomic E-state index is 10.5. The lowest BCUT2D eigenvalue weighted by atomic mass is 10.3. The SMILES string of the molecule is C=S(O)C(C)CC(C)S(=O)O. The lowest BCUT2D eigenvalue weighted by Gasteiger charge is -2.13. The highest BCUT2D eigenvalue weighted by Gasteiger charge is 2.13. The van der Waals surface area contributed by atoms with Crippen molar-refractivity contribution in [1.29, 1.82) is 0 Å². The average Bonchev–Trinajstić information content (AvgIpc) is 1.87. The highest BCUT2D eigenvalue weighted by Crippen LogP contribution is 2.18. The molecule has 0 aliphatic heterocycles. The summed E-state index contributed by atoms with van der Waals surface area (Å²) >= 11 is -1.78. The Morgan fingerprint density at radius 1 is 1.36 bits per heavy atom. The van der Waals surface area contributed by atoms with Crippen LogP contribution in [-0.4, -0.2) is 29.7 Å². The van der Waals surface area contributed by atoms with Gasteiger partial charge in [0.1, 0.15) is 0 Å². The molecule has 0 aliphatic rings. The van der Waals surface area contributed by atoms with Gasteiger partial charge in [0.25, 0.3) is 0 Å². The fourth-order valence-corrected chi connectivity index (χ4v) is 1.75. The van der Waals surface area contributed by atoms with Crippen molar-refractivity contribution < 1.29 is 13.3 Å². The fourth-order valence-electron chi connectivity index (χ4n) is 0.661. The minimum absolute atomic E-state index is 0.00102. The lowest BCUT2D eigenvalue weighted by molar-refractivity contribution is 0.543. The van der Waals surface area contributed by atoms with Crippen molar-refractivity contribution in [1.82, 2.24) is 0 Å². The second-order valence-corrected chi connectivity index (χ2v) is 5.50. The van der Waals surface area contributed by atoms with Crippen LogP contribution in [0.25, 0.3) is 0 Å². The van der Waals surface area contributed by atoms with Crippen LogP contribution in [0.15, 0.2) is 0 Å². The molecule has 68 valence electrons. The van der Waals surface area contributed by atoms with Gasteiger partial charge < -0.3 is 9.11 Å². The molecule has 0 aromatic heterocycles. The summed E-state index contributed by atoms with van der Waals surface area (Å²) in [5, 5.41) is -0.282. The predicted molar refractivity (Wildman–Crippen MR) is 51.7 cm³/mol. The van der Waals surface area contributed by atoms with Crippen LogP contribution in [0.4, 0.5) is 0 Å². The zero-order valence-corrected chi connectivity index (χ0v) is 8.32. The van der Waals surface area contributed by atoms with Crippen molar-refractivity contribution in [2.45, 2.75) is 30.8 Å². The molecular weight excluding hydrogens is 184 g/mol. The minimum atomic E-state index is -1.78. The van der Waals surface area contributed by atoms with E-state index in [4.69, 9.17) is 9.11 Å². The van der Waals surface area contributed by atoms with E-state index in [1.807, 2.05) is 6.92 Å². The first-order valence-corrected chi connectivity index (χ1v) is 5.85. The predicted octanol–water partition coefficient (Wildman–Crippen LogP) is 1.55. The van der Waals surface area contributed by atoms with Gasteiger partial charge in [-0.15, -0.1) is 0 Å². The van der Waals surface area contributed by atoms with Crippen LogP contribution in [0.3, 0.4) is 0 Å². The standard InChI is InChI=1S/C6H14O3S2/c1-5(10(3)7)4-6(2)11(8)9/h5-7H,3-4H2,1-2H3,(H,8,9). The first-order valence-electron chi connectivity index (χ1n) is 3.26. The van der Waals surface area contributed by atoms with Crippen LogP contribution in [0.5, 0.6) is 0 Å². The van der Waals surface area contributed by atoms with E-state index < -0.39 is 21.8 Å². The van der Waals surface area contributed by atoms with Gasteiger partial charge in [-0.25, -0.2) is 4.21 Å². The molecule has 5 heteroatoms. The molecule has 0 spiro atoms. The molecule has 11 heavy (non-hydrogen) atoms. The Kier molecular flexibility index (Phi) is 5.16. The molecule has 0 radical (unpaired) electrons.